The van der Waals surface area contributed by atoms with Gasteiger partial charge in [-0.25, -0.2) is 4.98 Å². The van der Waals surface area contributed by atoms with Crippen LogP contribution in [0.2, 0.25) is 5.15 Å². The Hall–Kier alpha value is -1.42. The van der Waals surface area contributed by atoms with Gasteiger partial charge in [0.25, 0.3) is 0 Å². The average molecular weight is 442 g/mol. The van der Waals surface area contributed by atoms with Gasteiger partial charge in [-0.2, -0.15) is 0 Å². The highest BCUT2D eigenvalue weighted by Gasteiger charge is 2.48. The van der Waals surface area contributed by atoms with Crippen molar-refractivity contribution in [2.45, 2.75) is 69.7 Å². The molecule has 30 heavy (non-hydrogen) atoms. The van der Waals surface area contributed by atoms with E-state index in [0.29, 0.717) is 12.0 Å². The van der Waals surface area contributed by atoms with E-state index in [9.17, 15) is 24.9 Å². The van der Waals surface area contributed by atoms with Crippen molar-refractivity contribution in [2.75, 3.05) is 6.61 Å². The van der Waals surface area contributed by atoms with Crippen LogP contribution in [0.5, 0.6) is 0 Å². The van der Waals surface area contributed by atoms with E-state index in [2.05, 4.69) is 4.98 Å². The van der Waals surface area contributed by atoms with Crippen molar-refractivity contribution in [3.63, 3.8) is 0 Å². The van der Waals surface area contributed by atoms with Gasteiger partial charge in [0.05, 0.1) is 43.5 Å². The summed E-state index contributed by atoms with van der Waals surface area (Å²) in [6, 6.07) is 2.98. The molecule has 0 aliphatic carbocycles. The van der Waals surface area contributed by atoms with Gasteiger partial charge < -0.3 is 24.8 Å². The minimum Gasteiger partial charge on any atom is -0.393 e. The van der Waals surface area contributed by atoms with E-state index in [1.54, 1.807) is 6.92 Å². The zero-order valence-electron chi connectivity index (χ0n) is 17.0. The molecule has 8 atom stereocenters. The fourth-order valence-corrected chi connectivity index (χ4v) is 3.94. The first kappa shape index (κ1) is 23.2. The van der Waals surface area contributed by atoms with Crippen LogP contribution >= 0.6 is 11.6 Å². The lowest BCUT2D eigenvalue weighted by atomic mass is 9.85. The van der Waals surface area contributed by atoms with Gasteiger partial charge in [0.1, 0.15) is 17.0 Å². The normalized spacial score (nSPS) is 33.0. The fourth-order valence-electron chi connectivity index (χ4n) is 3.83. The van der Waals surface area contributed by atoms with E-state index < -0.39 is 30.3 Å². The molecule has 2 saturated heterocycles. The Bertz CT molecular complexity index is 756. The van der Waals surface area contributed by atoms with E-state index in [4.69, 9.17) is 21.1 Å². The zero-order valence-corrected chi connectivity index (χ0v) is 17.7. The number of carbonyl (C=O) groups excluding carboxylic acids is 2. The quantitative estimate of drug-likeness (QED) is 0.225. The van der Waals surface area contributed by atoms with Crippen molar-refractivity contribution in [1.29, 1.82) is 0 Å². The van der Waals surface area contributed by atoms with Crippen molar-refractivity contribution in [1.82, 2.24) is 4.98 Å². The molecule has 0 spiro atoms. The molecule has 1 aromatic heterocycles. The van der Waals surface area contributed by atoms with Gasteiger partial charge in [0.15, 0.2) is 5.78 Å². The SMILES string of the molecule is C[C@H]([C@@H]1O[C@H]1C[C@@H]1OC[C@H](CC(=O)CC(=O)c2ccc(Cl)nc2)[C@@H](O)[C@H]1O)[C@H](C)O. The largest absolute Gasteiger partial charge is 0.393 e. The molecule has 9 heteroatoms. The maximum absolute atomic E-state index is 12.3. The number of hydrogen-bond donors (Lipinski definition) is 3. The van der Waals surface area contributed by atoms with Crippen LogP contribution in [0.3, 0.4) is 0 Å². The highest BCUT2D eigenvalue weighted by molar-refractivity contribution is 6.29. The van der Waals surface area contributed by atoms with Crippen molar-refractivity contribution in [2.24, 2.45) is 11.8 Å². The van der Waals surface area contributed by atoms with Crippen molar-refractivity contribution < 1.29 is 34.4 Å². The molecule has 0 bridgehead atoms. The standard InChI is InChI=1S/C21H28ClNO7/c1-10(11(2)24)21-17(30-21)7-16-20(28)19(27)13(9-29-16)5-14(25)6-15(26)12-3-4-18(22)23-8-12/h3-4,8,10-11,13,16-17,19-21,24,27-28H,5-7,9H2,1-2H3/t10-,11-,13-,16-,17-,19+,20-,21-/m0/s1. The van der Waals surface area contributed by atoms with Crippen molar-refractivity contribution in [3.05, 3.63) is 29.0 Å². The molecule has 1 aromatic rings. The van der Waals surface area contributed by atoms with Gasteiger partial charge in [0, 0.05) is 36.4 Å². The number of epoxide rings is 1. The van der Waals surface area contributed by atoms with Crippen LogP contribution in [0.4, 0.5) is 0 Å². The number of ether oxygens (including phenoxy) is 2. The Morgan fingerprint density at radius 3 is 2.60 bits per heavy atom. The molecule has 0 amide bonds. The van der Waals surface area contributed by atoms with E-state index in [1.165, 1.54) is 18.3 Å². The number of aliphatic hydroxyl groups is 3. The number of ketones is 2. The van der Waals surface area contributed by atoms with Crippen LogP contribution < -0.4 is 0 Å². The maximum atomic E-state index is 12.3. The minimum atomic E-state index is -1.15. The fraction of sp³-hybridized carbons (Fsp3) is 0.667. The highest BCUT2D eigenvalue weighted by atomic mass is 35.5. The molecule has 3 heterocycles. The Morgan fingerprint density at radius 1 is 1.23 bits per heavy atom. The summed E-state index contributed by atoms with van der Waals surface area (Å²) < 4.78 is 11.3. The van der Waals surface area contributed by atoms with Gasteiger partial charge in [0.2, 0.25) is 0 Å². The van der Waals surface area contributed by atoms with E-state index in [1.807, 2.05) is 6.92 Å². The number of rotatable bonds is 9. The lowest BCUT2D eigenvalue weighted by Gasteiger charge is -2.37. The molecule has 0 unspecified atom stereocenters. The summed E-state index contributed by atoms with van der Waals surface area (Å²) in [7, 11) is 0. The summed E-state index contributed by atoms with van der Waals surface area (Å²) in [6.45, 7) is 3.70. The number of aromatic nitrogens is 1. The topological polar surface area (TPSA) is 129 Å². The number of hydrogen-bond acceptors (Lipinski definition) is 8. The predicted molar refractivity (Wildman–Crippen MR) is 107 cm³/mol. The second-order valence-electron chi connectivity index (χ2n) is 8.30. The zero-order chi connectivity index (χ0) is 22.0. The molecule has 3 N–H and O–H groups in total. The average Bonchev–Trinajstić information content (AvgIpc) is 3.46. The summed E-state index contributed by atoms with van der Waals surface area (Å²) in [5, 5.41) is 30.8. The molecular weight excluding hydrogens is 414 g/mol. The molecule has 2 aliphatic rings. The summed E-state index contributed by atoms with van der Waals surface area (Å²) in [5.41, 5.74) is 0.290. The van der Waals surface area contributed by atoms with Crippen LogP contribution in [0.1, 0.15) is 43.5 Å². The van der Waals surface area contributed by atoms with E-state index in [0.717, 1.165) is 0 Å². The monoisotopic (exact) mass is 441 g/mol. The number of aliphatic hydroxyl groups excluding tert-OH is 3. The Labute approximate surface area is 180 Å². The number of carbonyl (C=O) groups is 2. The van der Waals surface area contributed by atoms with Crippen LogP contribution in [0, 0.1) is 11.8 Å². The Kier molecular flexibility index (Phi) is 7.60. The van der Waals surface area contributed by atoms with E-state index >= 15 is 0 Å². The third kappa shape index (κ3) is 5.63. The van der Waals surface area contributed by atoms with Gasteiger partial charge in [-0.15, -0.1) is 0 Å². The number of nitrogens with zero attached hydrogens (tertiary/aromatic N) is 1. The number of Topliss-reactive ketones (excluding diaryl/α,β-unsaturated/α-hetero) is 2. The lowest BCUT2D eigenvalue weighted by molar-refractivity contribution is -0.170. The summed E-state index contributed by atoms with van der Waals surface area (Å²) in [4.78, 5) is 28.3. The van der Waals surface area contributed by atoms with Crippen molar-refractivity contribution in [3.8, 4) is 0 Å². The predicted octanol–water partition coefficient (Wildman–Crippen LogP) is 1.18. The molecule has 2 fully saturated rings. The van der Waals surface area contributed by atoms with Gasteiger partial charge >= 0.3 is 0 Å². The van der Waals surface area contributed by atoms with Crippen LogP contribution in [0.15, 0.2) is 18.3 Å². The molecule has 2 aliphatic heterocycles. The first-order valence-electron chi connectivity index (χ1n) is 10.1. The summed E-state index contributed by atoms with van der Waals surface area (Å²) in [6.07, 6.45) is -2.28. The summed E-state index contributed by atoms with van der Waals surface area (Å²) in [5.74, 6) is -1.34. The lowest BCUT2D eigenvalue weighted by Crippen LogP contribution is -2.51. The van der Waals surface area contributed by atoms with Crippen molar-refractivity contribution >= 4 is 23.2 Å². The second-order valence-corrected chi connectivity index (χ2v) is 8.69. The number of pyridine rings is 1. The first-order chi connectivity index (χ1) is 14.2. The third-order valence-corrected chi connectivity index (χ3v) is 6.22. The minimum absolute atomic E-state index is 0.0283. The third-order valence-electron chi connectivity index (χ3n) is 6.00. The van der Waals surface area contributed by atoms with Crippen LogP contribution in [0.25, 0.3) is 0 Å². The van der Waals surface area contributed by atoms with Gasteiger partial charge in [-0.05, 0) is 19.1 Å². The molecule has 166 valence electrons. The Balaban J connectivity index is 1.47. The second kappa shape index (κ2) is 9.80. The number of halogens is 1. The molecule has 0 aromatic carbocycles. The molecule has 3 rings (SSSR count). The van der Waals surface area contributed by atoms with Gasteiger partial charge in [-0.3, -0.25) is 9.59 Å². The van der Waals surface area contributed by atoms with Crippen LogP contribution in [-0.4, -0.2) is 75.1 Å². The molecule has 0 saturated carbocycles. The van der Waals surface area contributed by atoms with E-state index in [-0.39, 0.29) is 54.3 Å². The molecular formula is C21H28ClNO7. The first-order valence-corrected chi connectivity index (χ1v) is 10.5. The smallest absolute Gasteiger partial charge is 0.171 e. The maximum Gasteiger partial charge on any atom is 0.171 e. The van der Waals surface area contributed by atoms with Crippen LogP contribution in [-0.2, 0) is 14.3 Å². The summed E-state index contributed by atoms with van der Waals surface area (Å²) >= 11 is 5.69. The van der Waals surface area contributed by atoms with Gasteiger partial charge in [-0.1, -0.05) is 18.5 Å². The highest BCUT2D eigenvalue weighted by Crippen LogP contribution is 2.37. The Morgan fingerprint density at radius 2 is 1.97 bits per heavy atom. The molecule has 8 nitrogen and oxygen atoms in total. The molecule has 0 radical (unpaired) electrons.